The van der Waals surface area contributed by atoms with Gasteiger partial charge in [-0.05, 0) is 31.7 Å². The monoisotopic (exact) mass is 250 g/mol. The highest BCUT2D eigenvalue weighted by Gasteiger charge is 2.01. The topological polar surface area (TPSA) is 28.7 Å². The van der Waals surface area contributed by atoms with Crippen molar-refractivity contribution < 1.29 is 0 Å². The van der Waals surface area contributed by atoms with Crippen molar-refractivity contribution in [2.24, 2.45) is 0 Å². The molecule has 0 aliphatic carbocycles. The van der Waals surface area contributed by atoms with Crippen molar-refractivity contribution in [3.63, 3.8) is 0 Å². The Labute approximate surface area is 113 Å². The summed E-state index contributed by atoms with van der Waals surface area (Å²) in [4.78, 5) is 0. The summed E-state index contributed by atoms with van der Waals surface area (Å²) < 4.78 is 0. The number of hydrogen-bond donors (Lipinski definition) is 1. The molecule has 0 radical (unpaired) electrons. The van der Waals surface area contributed by atoms with E-state index in [4.69, 9.17) is 0 Å². The van der Waals surface area contributed by atoms with Crippen LogP contribution in [0, 0.1) is 0 Å². The van der Waals surface area contributed by atoms with Crippen LogP contribution in [0.15, 0.2) is 6.07 Å². The van der Waals surface area contributed by atoms with Gasteiger partial charge in [-0.2, -0.15) is 5.10 Å². The summed E-state index contributed by atoms with van der Waals surface area (Å²) in [5, 5.41) is 7.58. The minimum Gasteiger partial charge on any atom is -0.282 e. The minimum atomic E-state index is 1.15. The number of unbranched alkanes of at least 4 members (excludes halogenated alkanes) is 7. The van der Waals surface area contributed by atoms with Gasteiger partial charge >= 0.3 is 0 Å². The van der Waals surface area contributed by atoms with Crippen molar-refractivity contribution in [2.45, 2.75) is 84.5 Å². The molecular formula is C16H30N2. The average molecular weight is 250 g/mol. The third kappa shape index (κ3) is 6.83. The fraction of sp³-hybridized carbons (Fsp3) is 0.812. The van der Waals surface area contributed by atoms with Crippen LogP contribution in [0.25, 0.3) is 0 Å². The van der Waals surface area contributed by atoms with E-state index >= 15 is 0 Å². The van der Waals surface area contributed by atoms with Crippen LogP contribution in [-0.2, 0) is 12.8 Å². The average Bonchev–Trinajstić information content (AvgIpc) is 2.82. The van der Waals surface area contributed by atoms with Crippen LogP contribution in [0.1, 0.15) is 83.0 Å². The second-order valence-electron chi connectivity index (χ2n) is 5.36. The van der Waals surface area contributed by atoms with Gasteiger partial charge in [-0.15, -0.1) is 0 Å². The summed E-state index contributed by atoms with van der Waals surface area (Å²) in [5.74, 6) is 0. The molecule has 18 heavy (non-hydrogen) atoms. The smallest absolute Gasteiger partial charge is 0.0625 e. The Morgan fingerprint density at radius 2 is 1.44 bits per heavy atom. The molecule has 0 unspecified atom stereocenters. The Balaban J connectivity index is 2.07. The quantitative estimate of drug-likeness (QED) is 0.547. The molecule has 2 heteroatoms. The Hall–Kier alpha value is -0.790. The van der Waals surface area contributed by atoms with Crippen LogP contribution in [0.3, 0.4) is 0 Å². The fourth-order valence-corrected chi connectivity index (χ4v) is 2.32. The molecule has 0 saturated heterocycles. The maximum Gasteiger partial charge on any atom is 0.0625 e. The maximum absolute atomic E-state index is 4.40. The van der Waals surface area contributed by atoms with Gasteiger partial charge in [0.25, 0.3) is 0 Å². The van der Waals surface area contributed by atoms with Crippen molar-refractivity contribution in [2.75, 3.05) is 0 Å². The van der Waals surface area contributed by atoms with Gasteiger partial charge in [0, 0.05) is 5.69 Å². The lowest BCUT2D eigenvalue weighted by Crippen LogP contribution is -1.86. The van der Waals surface area contributed by atoms with Crippen molar-refractivity contribution in [3.05, 3.63) is 17.5 Å². The molecule has 0 bridgehead atoms. The highest BCUT2D eigenvalue weighted by Crippen LogP contribution is 2.10. The van der Waals surface area contributed by atoms with E-state index in [0.29, 0.717) is 0 Å². The van der Waals surface area contributed by atoms with Crippen LogP contribution < -0.4 is 0 Å². The molecule has 0 amide bonds. The first-order valence-corrected chi connectivity index (χ1v) is 7.90. The van der Waals surface area contributed by atoms with Crippen molar-refractivity contribution >= 4 is 0 Å². The molecule has 2 nitrogen and oxygen atoms in total. The third-order valence-electron chi connectivity index (χ3n) is 3.52. The summed E-state index contributed by atoms with van der Waals surface area (Å²) in [6.07, 6.45) is 14.4. The fourth-order valence-electron chi connectivity index (χ4n) is 2.32. The molecule has 1 aromatic rings. The molecule has 1 N–H and O–H groups in total. The van der Waals surface area contributed by atoms with Gasteiger partial charge < -0.3 is 0 Å². The van der Waals surface area contributed by atoms with Gasteiger partial charge in [-0.3, -0.25) is 5.10 Å². The molecule has 0 saturated carbocycles. The highest BCUT2D eigenvalue weighted by molar-refractivity contribution is 5.08. The van der Waals surface area contributed by atoms with Crippen LogP contribution in [0.2, 0.25) is 0 Å². The zero-order chi connectivity index (χ0) is 13.1. The molecule has 0 aliphatic heterocycles. The minimum absolute atomic E-state index is 1.15. The number of H-pyrrole nitrogens is 1. The number of nitrogens with one attached hydrogen (secondary N) is 1. The number of aromatic amines is 1. The maximum atomic E-state index is 4.40. The normalized spacial score (nSPS) is 11.0. The van der Waals surface area contributed by atoms with E-state index < -0.39 is 0 Å². The first-order valence-electron chi connectivity index (χ1n) is 7.90. The van der Waals surface area contributed by atoms with E-state index in [2.05, 4.69) is 30.1 Å². The summed E-state index contributed by atoms with van der Waals surface area (Å²) in [5.41, 5.74) is 2.58. The van der Waals surface area contributed by atoms with E-state index in [-0.39, 0.29) is 0 Å². The number of nitrogens with zero attached hydrogens (tertiary/aromatic N) is 1. The van der Waals surface area contributed by atoms with Crippen molar-refractivity contribution in [3.8, 4) is 0 Å². The predicted octanol–water partition coefficient (Wildman–Crippen LogP) is 5.05. The summed E-state index contributed by atoms with van der Waals surface area (Å²) in [6, 6.07) is 2.27. The zero-order valence-electron chi connectivity index (χ0n) is 12.3. The van der Waals surface area contributed by atoms with Crippen molar-refractivity contribution in [1.82, 2.24) is 10.2 Å². The number of hydrogen-bond acceptors (Lipinski definition) is 1. The summed E-state index contributed by atoms with van der Waals surface area (Å²) in [6.45, 7) is 4.51. The second kappa shape index (κ2) is 10.2. The lowest BCUT2D eigenvalue weighted by atomic mass is 10.1. The van der Waals surface area contributed by atoms with Crippen LogP contribution in [-0.4, -0.2) is 10.2 Å². The molecule has 0 aromatic carbocycles. The molecule has 0 atom stereocenters. The van der Waals surface area contributed by atoms with Gasteiger partial charge in [-0.25, -0.2) is 0 Å². The molecule has 0 aliphatic rings. The third-order valence-corrected chi connectivity index (χ3v) is 3.52. The Morgan fingerprint density at radius 1 is 0.833 bits per heavy atom. The van der Waals surface area contributed by atoms with E-state index in [1.165, 1.54) is 69.2 Å². The van der Waals surface area contributed by atoms with Gasteiger partial charge in [0.15, 0.2) is 0 Å². The molecule has 1 rings (SSSR count). The van der Waals surface area contributed by atoms with Gasteiger partial charge in [0.05, 0.1) is 5.69 Å². The first-order chi connectivity index (χ1) is 8.86. The molecule has 0 fully saturated rings. The molecular weight excluding hydrogens is 220 g/mol. The van der Waals surface area contributed by atoms with Crippen LogP contribution >= 0.6 is 0 Å². The molecule has 1 aromatic heterocycles. The van der Waals surface area contributed by atoms with Gasteiger partial charge in [0.1, 0.15) is 0 Å². The van der Waals surface area contributed by atoms with Gasteiger partial charge in [0.2, 0.25) is 0 Å². The standard InChI is InChI=1S/C16H30N2/c1-3-5-7-8-9-11-13-16-14-15(17-18-16)12-10-6-4-2/h14H,3-13H2,1-2H3,(H,17,18). The lowest BCUT2D eigenvalue weighted by molar-refractivity contribution is 0.604. The van der Waals surface area contributed by atoms with E-state index in [1.807, 2.05) is 0 Å². The molecule has 1 heterocycles. The van der Waals surface area contributed by atoms with Crippen LogP contribution in [0.4, 0.5) is 0 Å². The summed E-state index contributed by atoms with van der Waals surface area (Å²) >= 11 is 0. The SMILES string of the molecule is CCCCCCCCc1cc(CCCCC)[nH]n1. The zero-order valence-corrected chi connectivity index (χ0v) is 12.3. The number of aryl methyl sites for hydroxylation is 2. The predicted molar refractivity (Wildman–Crippen MR) is 78.9 cm³/mol. The lowest BCUT2D eigenvalue weighted by Gasteiger charge is -1.98. The van der Waals surface area contributed by atoms with Crippen LogP contribution in [0.5, 0.6) is 0 Å². The van der Waals surface area contributed by atoms with Gasteiger partial charge in [-0.1, -0.05) is 58.8 Å². The molecule has 0 spiro atoms. The van der Waals surface area contributed by atoms with E-state index in [9.17, 15) is 0 Å². The summed E-state index contributed by atoms with van der Waals surface area (Å²) in [7, 11) is 0. The highest BCUT2D eigenvalue weighted by atomic mass is 15.1. The van der Waals surface area contributed by atoms with E-state index in [0.717, 1.165) is 12.8 Å². The van der Waals surface area contributed by atoms with E-state index in [1.54, 1.807) is 0 Å². The second-order valence-corrected chi connectivity index (χ2v) is 5.36. The Morgan fingerprint density at radius 3 is 2.22 bits per heavy atom. The Kier molecular flexibility index (Phi) is 8.62. The van der Waals surface area contributed by atoms with Crippen molar-refractivity contribution in [1.29, 1.82) is 0 Å². The Bertz CT molecular complexity index is 291. The number of rotatable bonds is 11. The molecule has 104 valence electrons. The first kappa shape index (κ1) is 15.3. The number of aromatic nitrogens is 2. The largest absolute Gasteiger partial charge is 0.282 e.